The van der Waals surface area contributed by atoms with E-state index in [1.165, 1.54) is 0 Å². The number of alkyl carbamates (subject to hydrolysis) is 1. The van der Waals surface area contributed by atoms with E-state index in [1.54, 1.807) is 35.2 Å². The summed E-state index contributed by atoms with van der Waals surface area (Å²) in [7, 11) is 0. The Morgan fingerprint density at radius 2 is 1.52 bits per heavy atom. The number of carbonyl (C=O) groups is 5. The van der Waals surface area contributed by atoms with E-state index < -0.39 is 23.3 Å². The van der Waals surface area contributed by atoms with Crippen molar-refractivity contribution in [1.29, 1.82) is 0 Å². The van der Waals surface area contributed by atoms with E-state index in [1.807, 2.05) is 85.7 Å². The Morgan fingerprint density at radius 1 is 0.844 bits per heavy atom. The quantitative estimate of drug-likeness (QED) is 0.100. The number of piperidine rings is 1. The Labute approximate surface area is 374 Å². The number of benzene rings is 2. The summed E-state index contributed by atoms with van der Waals surface area (Å²) in [6.45, 7) is 15.8. The molecule has 64 heavy (non-hydrogen) atoms. The zero-order valence-electron chi connectivity index (χ0n) is 38.1. The van der Waals surface area contributed by atoms with Crippen LogP contribution in [0.1, 0.15) is 109 Å². The standard InChI is InChI=1S/C47H62N10O7/c1-28-25-36(23-24-57(28)45(62)64-47(6,7)8)51-42(59)38-22-21-37(29(2)49-38)32-13-9-30(10-14-32)26-39(43(60)50-35-19-17-33(18-20-35)40-53-55-56-54-40)52-41(58)34-15-11-31(12-16-34)27-48-44(61)63-46(3,4)5/h9-10,13-14,17-22,28,31,34,36,39H,11-12,15-16,23-27H2,1-8H3,(H,48,61)(H,50,60)(H,51,59)(H,52,58)(H,53,54,55,56)/t28-,31?,34?,36-,39+/m1/s1. The van der Waals surface area contributed by atoms with Crippen LogP contribution in [0.3, 0.4) is 0 Å². The first-order chi connectivity index (χ1) is 30.3. The number of hydrogen-bond acceptors (Lipinski definition) is 11. The fourth-order valence-electron chi connectivity index (χ4n) is 8.09. The highest BCUT2D eigenvalue weighted by atomic mass is 16.6. The molecular formula is C47H62N10O7. The van der Waals surface area contributed by atoms with Gasteiger partial charge in [0, 0.05) is 60.0 Å². The number of aryl methyl sites for hydroxylation is 1. The molecule has 342 valence electrons. The van der Waals surface area contributed by atoms with Gasteiger partial charge in [0.05, 0.1) is 0 Å². The molecule has 2 fully saturated rings. The zero-order chi connectivity index (χ0) is 46.2. The van der Waals surface area contributed by atoms with Crippen LogP contribution in [0.2, 0.25) is 0 Å². The molecule has 5 N–H and O–H groups in total. The van der Waals surface area contributed by atoms with E-state index in [0.29, 0.717) is 61.7 Å². The van der Waals surface area contributed by atoms with Crippen LogP contribution in [0.4, 0.5) is 15.3 Å². The predicted molar refractivity (Wildman–Crippen MR) is 241 cm³/mol. The van der Waals surface area contributed by atoms with E-state index in [-0.39, 0.29) is 54.2 Å². The van der Waals surface area contributed by atoms with Gasteiger partial charge in [-0.1, -0.05) is 30.3 Å². The minimum atomic E-state index is -0.879. The van der Waals surface area contributed by atoms with E-state index in [9.17, 15) is 24.0 Å². The molecule has 2 aromatic carbocycles. The van der Waals surface area contributed by atoms with Gasteiger partial charge in [-0.05, 0) is 147 Å². The molecule has 1 saturated carbocycles. The van der Waals surface area contributed by atoms with Gasteiger partial charge in [-0.25, -0.2) is 14.6 Å². The lowest BCUT2D eigenvalue weighted by Crippen LogP contribution is -2.52. The van der Waals surface area contributed by atoms with Crippen LogP contribution in [0.5, 0.6) is 0 Å². The molecule has 0 bridgehead atoms. The fraction of sp³-hybridized carbons (Fsp3) is 0.511. The Morgan fingerprint density at radius 3 is 2.12 bits per heavy atom. The molecule has 6 rings (SSSR count). The minimum Gasteiger partial charge on any atom is -0.444 e. The molecule has 1 aliphatic heterocycles. The Balaban J connectivity index is 1.08. The number of aromatic amines is 1. The maximum Gasteiger partial charge on any atom is 0.410 e. The first kappa shape index (κ1) is 47.1. The minimum absolute atomic E-state index is 0.0933. The van der Waals surface area contributed by atoms with E-state index in [2.05, 4.69) is 46.9 Å². The lowest BCUT2D eigenvalue weighted by Gasteiger charge is -2.38. The molecule has 0 unspecified atom stereocenters. The van der Waals surface area contributed by atoms with Crippen molar-refractivity contribution in [3.05, 3.63) is 77.6 Å². The SMILES string of the molecule is Cc1nc(C(=O)N[C@@H]2CCN(C(=O)OC(C)(C)C)[C@H](C)C2)ccc1-c1ccc(C[C@H](NC(=O)C2CCC(CNC(=O)OC(C)(C)C)CC2)C(=O)Nc2ccc(-c3nn[nH]n3)cc2)cc1. The number of tetrazole rings is 1. The molecule has 0 spiro atoms. The molecule has 17 nitrogen and oxygen atoms in total. The molecule has 1 saturated heterocycles. The number of nitrogens with zero attached hydrogens (tertiary/aromatic N) is 5. The predicted octanol–water partition coefficient (Wildman–Crippen LogP) is 6.75. The lowest BCUT2D eigenvalue weighted by molar-refractivity contribution is -0.130. The van der Waals surface area contributed by atoms with Crippen LogP contribution in [-0.4, -0.2) is 103 Å². The summed E-state index contributed by atoms with van der Waals surface area (Å²) in [5.41, 5.74) is 3.66. The third kappa shape index (κ3) is 13.3. The summed E-state index contributed by atoms with van der Waals surface area (Å²) in [6, 6.07) is 17.3. The number of anilines is 1. The van der Waals surface area contributed by atoms with Crippen molar-refractivity contribution >= 4 is 35.6 Å². The fourth-order valence-corrected chi connectivity index (χ4v) is 8.09. The molecule has 17 heteroatoms. The molecule has 4 aromatic rings. The number of amides is 5. The number of pyridine rings is 1. The van der Waals surface area contributed by atoms with Crippen molar-refractivity contribution in [3.63, 3.8) is 0 Å². The molecule has 5 amide bonds. The average Bonchev–Trinajstić information content (AvgIpc) is 3.78. The molecule has 3 heterocycles. The molecule has 1 aliphatic carbocycles. The first-order valence-electron chi connectivity index (χ1n) is 22.1. The second kappa shape index (κ2) is 20.4. The third-order valence-electron chi connectivity index (χ3n) is 11.4. The van der Waals surface area contributed by atoms with Gasteiger partial charge >= 0.3 is 12.2 Å². The second-order valence-corrected chi connectivity index (χ2v) is 18.9. The lowest BCUT2D eigenvalue weighted by atomic mass is 9.81. The number of hydrogen-bond donors (Lipinski definition) is 5. The number of H-pyrrole nitrogens is 1. The van der Waals surface area contributed by atoms with Gasteiger partial charge in [-0.15, -0.1) is 10.2 Å². The van der Waals surface area contributed by atoms with Gasteiger partial charge in [-0.3, -0.25) is 14.4 Å². The van der Waals surface area contributed by atoms with Gasteiger partial charge in [0.25, 0.3) is 5.91 Å². The van der Waals surface area contributed by atoms with E-state index in [4.69, 9.17) is 9.47 Å². The Hall–Kier alpha value is -6.39. The largest absolute Gasteiger partial charge is 0.444 e. The van der Waals surface area contributed by atoms with E-state index in [0.717, 1.165) is 35.1 Å². The topological polar surface area (TPSA) is 223 Å². The number of nitrogens with one attached hydrogen (secondary N) is 5. The molecular weight excluding hydrogens is 817 g/mol. The summed E-state index contributed by atoms with van der Waals surface area (Å²) >= 11 is 0. The zero-order valence-corrected chi connectivity index (χ0v) is 38.1. The van der Waals surface area contributed by atoms with Crippen LogP contribution in [0.25, 0.3) is 22.5 Å². The molecule has 0 radical (unpaired) electrons. The van der Waals surface area contributed by atoms with Crippen LogP contribution in [-0.2, 0) is 25.5 Å². The summed E-state index contributed by atoms with van der Waals surface area (Å²) in [6.07, 6.45) is 3.44. The number of rotatable bonds is 12. The van der Waals surface area contributed by atoms with Crippen LogP contribution >= 0.6 is 0 Å². The van der Waals surface area contributed by atoms with Crippen molar-refractivity contribution < 1.29 is 33.4 Å². The van der Waals surface area contributed by atoms with Crippen LogP contribution in [0, 0.1) is 18.8 Å². The van der Waals surface area contributed by atoms with Gasteiger partial charge in [0.1, 0.15) is 22.9 Å². The number of aromatic nitrogens is 5. The molecule has 2 aromatic heterocycles. The van der Waals surface area contributed by atoms with Crippen molar-refractivity contribution in [1.82, 2.24) is 46.5 Å². The van der Waals surface area contributed by atoms with Crippen LogP contribution in [0.15, 0.2) is 60.7 Å². The summed E-state index contributed by atoms with van der Waals surface area (Å²) < 4.78 is 10.9. The normalized spacial score (nSPS) is 19.5. The van der Waals surface area contributed by atoms with Gasteiger partial charge < -0.3 is 35.6 Å². The first-order valence-corrected chi connectivity index (χ1v) is 22.1. The third-order valence-corrected chi connectivity index (χ3v) is 11.4. The smallest absolute Gasteiger partial charge is 0.410 e. The van der Waals surface area contributed by atoms with E-state index >= 15 is 0 Å². The van der Waals surface area contributed by atoms with Crippen molar-refractivity contribution in [3.8, 4) is 22.5 Å². The second-order valence-electron chi connectivity index (χ2n) is 18.9. The highest BCUT2D eigenvalue weighted by Crippen LogP contribution is 2.30. The van der Waals surface area contributed by atoms with Crippen molar-refractivity contribution in [2.24, 2.45) is 11.8 Å². The highest BCUT2D eigenvalue weighted by molar-refractivity contribution is 5.98. The maximum absolute atomic E-state index is 13.9. The number of likely N-dealkylation sites (tertiary alicyclic amines) is 1. The van der Waals surface area contributed by atoms with Gasteiger partial charge in [0.2, 0.25) is 17.6 Å². The Bertz CT molecular complexity index is 2240. The number of carbonyl (C=O) groups excluding carboxylic acids is 5. The monoisotopic (exact) mass is 878 g/mol. The van der Waals surface area contributed by atoms with Crippen LogP contribution < -0.4 is 21.3 Å². The molecule has 3 atom stereocenters. The average molecular weight is 879 g/mol. The summed E-state index contributed by atoms with van der Waals surface area (Å²) in [5.74, 6) is -0.445. The summed E-state index contributed by atoms with van der Waals surface area (Å²) in [4.78, 5) is 72.2. The van der Waals surface area contributed by atoms with Crippen molar-refractivity contribution in [2.45, 2.75) is 130 Å². The van der Waals surface area contributed by atoms with Crippen molar-refractivity contribution in [2.75, 3.05) is 18.4 Å². The Kier molecular flexibility index (Phi) is 15.0. The van der Waals surface area contributed by atoms with Gasteiger partial charge in [0.15, 0.2) is 0 Å². The number of ether oxygens (including phenoxy) is 2. The summed E-state index contributed by atoms with van der Waals surface area (Å²) in [5, 5.41) is 26.0. The highest BCUT2D eigenvalue weighted by Gasteiger charge is 2.33. The molecule has 2 aliphatic rings. The maximum atomic E-state index is 13.9. The van der Waals surface area contributed by atoms with Gasteiger partial charge in [-0.2, -0.15) is 5.21 Å².